The lowest BCUT2D eigenvalue weighted by molar-refractivity contribution is -0.173. The molecule has 0 spiro atoms. The summed E-state index contributed by atoms with van der Waals surface area (Å²) < 4.78 is 41.6. The van der Waals surface area contributed by atoms with E-state index in [-0.39, 0.29) is 17.8 Å². The molecule has 0 fully saturated rings. The van der Waals surface area contributed by atoms with Gasteiger partial charge in [-0.2, -0.15) is 23.5 Å². The number of rotatable bonds is 1. The van der Waals surface area contributed by atoms with Gasteiger partial charge in [0.2, 0.25) is 0 Å². The van der Waals surface area contributed by atoms with Crippen LogP contribution in [-0.2, 0) is 0 Å². The molecule has 0 aliphatic carbocycles. The first-order valence-electron chi connectivity index (χ1n) is 6.46. The van der Waals surface area contributed by atoms with Gasteiger partial charge in [-0.3, -0.25) is 0 Å². The number of hydrogen-bond acceptors (Lipinski definition) is 3. The van der Waals surface area contributed by atoms with Crippen molar-refractivity contribution in [3.63, 3.8) is 0 Å². The lowest BCUT2D eigenvalue weighted by Crippen LogP contribution is -2.35. The maximum atomic E-state index is 13.3. The van der Waals surface area contributed by atoms with E-state index in [1.165, 1.54) is 0 Å². The van der Waals surface area contributed by atoms with E-state index in [1.54, 1.807) is 24.3 Å². The summed E-state index contributed by atoms with van der Waals surface area (Å²) in [6, 6.07) is 6.65. The van der Waals surface area contributed by atoms with E-state index in [4.69, 9.17) is 5.26 Å². The molecule has 1 aromatic carbocycles. The van der Waals surface area contributed by atoms with Gasteiger partial charge in [-0.05, 0) is 17.7 Å². The maximum Gasteiger partial charge on any atom is 0.410 e. The Kier molecular flexibility index (Phi) is 3.60. The van der Waals surface area contributed by atoms with Gasteiger partial charge in [-0.25, -0.2) is 4.68 Å². The van der Waals surface area contributed by atoms with Crippen LogP contribution >= 0.6 is 15.9 Å². The van der Waals surface area contributed by atoms with Gasteiger partial charge in [0.15, 0.2) is 6.04 Å². The molecule has 1 aliphatic heterocycles. The number of alkyl halides is 3. The van der Waals surface area contributed by atoms with Crippen molar-refractivity contribution in [3.8, 4) is 6.07 Å². The second-order valence-electron chi connectivity index (χ2n) is 5.00. The van der Waals surface area contributed by atoms with Crippen LogP contribution in [0.1, 0.15) is 29.6 Å². The third kappa shape index (κ3) is 2.57. The fourth-order valence-corrected chi connectivity index (χ4v) is 2.82. The van der Waals surface area contributed by atoms with E-state index in [0.29, 0.717) is 0 Å². The minimum Gasteiger partial charge on any atom is -0.362 e. The molecule has 8 heteroatoms. The smallest absolute Gasteiger partial charge is 0.362 e. The average molecular weight is 371 g/mol. The predicted molar refractivity (Wildman–Crippen MR) is 77.2 cm³/mol. The molecule has 0 radical (unpaired) electrons. The van der Waals surface area contributed by atoms with Crippen LogP contribution in [0.4, 0.5) is 19.0 Å². The molecule has 2 aromatic rings. The van der Waals surface area contributed by atoms with Crippen LogP contribution < -0.4 is 5.32 Å². The van der Waals surface area contributed by atoms with Crippen LogP contribution in [0.5, 0.6) is 0 Å². The number of nitrogens with one attached hydrogen (secondary N) is 1. The molecule has 22 heavy (non-hydrogen) atoms. The third-order valence-electron chi connectivity index (χ3n) is 3.63. The number of hydrogen-bond donors (Lipinski definition) is 1. The number of fused-ring (bicyclic) bond motifs is 1. The molecule has 1 aliphatic rings. The van der Waals surface area contributed by atoms with Crippen LogP contribution in [0.3, 0.4) is 0 Å². The molecule has 3 rings (SSSR count). The summed E-state index contributed by atoms with van der Waals surface area (Å²) in [6.07, 6.45) is -3.45. The molecule has 0 bridgehead atoms. The Bertz CT molecular complexity index is 730. The van der Waals surface area contributed by atoms with Gasteiger partial charge in [-0.1, -0.05) is 28.1 Å². The van der Waals surface area contributed by atoms with Crippen LogP contribution in [-0.4, -0.2) is 16.0 Å². The molecule has 1 N–H and O–H groups in total. The van der Waals surface area contributed by atoms with Gasteiger partial charge < -0.3 is 5.32 Å². The standard InChI is InChI=1S/C14H10BrF3N4/c15-10-3-1-8(2-4-10)11-5-12(14(16,17)18)22-13(21-11)9(6-19)7-20-22/h1-4,7,11-12,21H,5H2/t11-,12-/m0/s1. The minimum absolute atomic E-state index is 0.107. The molecule has 0 saturated heterocycles. The van der Waals surface area contributed by atoms with Gasteiger partial charge in [0.05, 0.1) is 12.2 Å². The first-order valence-corrected chi connectivity index (χ1v) is 7.26. The van der Waals surface area contributed by atoms with Crippen molar-refractivity contribution in [2.45, 2.75) is 24.7 Å². The zero-order valence-corrected chi connectivity index (χ0v) is 12.7. The molecule has 0 amide bonds. The van der Waals surface area contributed by atoms with Gasteiger partial charge in [-0.15, -0.1) is 0 Å². The Hall–Kier alpha value is -2.01. The summed E-state index contributed by atoms with van der Waals surface area (Å²) >= 11 is 3.30. The Morgan fingerprint density at radius 1 is 1.32 bits per heavy atom. The SMILES string of the molecule is N#Cc1cnn2c1N[C@H](c1ccc(Br)cc1)C[C@H]2C(F)(F)F. The maximum absolute atomic E-state index is 13.3. The van der Waals surface area contributed by atoms with E-state index in [2.05, 4.69) is 26.3 Å². The van der Waals surface area contributed by atoms with E-state index in [9.17, 15) is 13.2 Å². The predicted octanol–water partition coefficient (Wildman–Crippen LogP) is 4.18. The largest absolute Gasteiger partial charge is 0.410 e. The molecule has 2 heterocycles. The Labute approximate surface area is 132 Å². The highest BCUT2D eigenvalue weighted by Gasteiger charge is 2.46. The van der Waals surface area contributed by atoms with Gasteiger partial charge in [0.1, 0.15) is 17.5 Å². The van der Waals surface area contributed by atoms with Crippen molar-refractivity contribution in [1.82, 2.24) is 9.78 Å². The van der Waals surface area contributed by atoms with Crippen molar-refractivity contribution in [1.29, 1.82) is 5.26 Å². The topological polar surface area (TPSA) is 53.6 Å². The molecule has 2 atom stereocenters. The number of anilines is 1. The summed E-state index contributed by atoms with van der Waals surface area (Å²) in [5.41, 5.74) is 0.838. The van der Waals surface area contributed by atoms with E-state index >= 15 is 0 Å². The number of nitriles is 1. The van der Waals surface area contributed by atoms with Gasteiger partial charge in [0, 0.05) is 10.9 Å². The Morgan fingerprint density at radius 2 is 2.00 bits per heavy atom. The van der Waals surface area contributed by atoms with Crippen LogP contribution in [0.25, 0.3) is 0 Å². The van der Waals surface area contributed by atoms with E-state index in [0.717, 1.165) is 20.9 Å². The molecule has 0 saturated carbocycles. The van der Waals surface area contributed by atoms with E-state index < -0.39 is 18.3 Å². The van der Waals surface area contributed by atoms with Gasteiger partial charge in [0.25, 0.3) is 0 Å². The zero-order chi connectivity index (χ0) is 15.9. The second-order valence-corrected chi connectivity index (χ2v) is 5.92. The average Bonchev–Trinajstić information content (AvgIpc) is 2.88. The van der Waals surface area contributed by atoms with Crippen molar-refractivity contribution in [3.05, 3.63) is 46.1 Å². The van der Waals surface area contributed by atoms with Crippen molar-refractivity contribution in [2.24, 2.45) is 0 Å². The van der Waals surface area contributed by atoms with Crippen LogP contribution in [0.2, 0.25) is 0 Å². The molecule has 4 nitrogen and oxygen atoms in total. The second kappa shape index (κ2) is 5.32. The lowest BCUT2D eigenvalue weighted by Gasteiger charge is -2.33. The summed E-state index contributed by atoms with van der Waals surface area (Å²) in [5, 5.41) is 15.8. The number of benzene rings is 1. The molecule has 1 aromatic heterocycles. The van der Waals surface area contributed by atoms with Crippen LogP contribution in [0, 0.1) is 11.3 Å². The summed E-state index contributed by atoms with van der Waals surface area (Å²) in [7, 11) is 0. The summed E-state index contributed by atoms with van der Waals surface area (Å²) in [5.74, 6) is 0.115. The molecule has 114 valence electrons. The highest BCUT2D eigenvalue weighted by atomic mass is 79.9. The van der Waals surface area contributed by atoms with E-state index in [1.807, 2.05) is 6.07 Å². The first kappa shape index (κ1) is 14.9. The van der Waals surface area contributed by atoms with Crippen molar-refractivity contribution >= 4 is 21.7 Å². The highest BCUT2D eigenvalue weighted by molar-refractivity contribution is 9.10. The normalized spacial score (nSPS) is 20.9. The van der Waals surface area contributed by atoms with Gasteiger partial charge >= 0.3 is 6.18 Å². The third-order valence-corrected chi connectivity index (χ3v) is 4.16. The summed E-state index contributed by atoms with van der Waals surface area (Å²) in [4.78, 5) is 0. The number of halogens is 4. The first-order chi connectivity index (χ1) is 10.4. The van der Waals surface area contributed by atoms with Crippen molar-refractivity contribution < 1.29 is 13.2 Å². The highest BCUT2D eigenvalue weighted by Crippen LogP contribution is 2.44. The number of aromatic nitrogens is 2. The molecule has 0 unspecified atom stereocenters. The van der Waals surface area contributed by atoms with Crippen LogP contribution in [0.15, 0.2) is 34.9 Å². The minimum atomic E-state index is -4.43. The van der Waals surface area contributed by atoms with Crippen molar-refractivity contribution in [2.75, 3.05) is 5.32 Å². The Balaban J connectivity index is 2.03. The molecular formula is C14H10BrF3N4. The summed E-state index contributed by atoms with van der Waals surface area (Å²) in [6.45, 7) is 0. The fourth-order valence-electron chi connectivity index (χ4n) is 2.56. The zero-order valence-electron chi connectivity index (χ0n) is 11.1. The monoisotopic (exact) mass is 370 g/mol. The Morgan fingerprint density at radius 3 is 2.59 bits per heavy atom. The molecular weight excluding hydrogens is 361 g/mol. The quantitative estimate of drug-likeness (QED) is 0.819. The number of nitrogens with zero attached hydrogens (tertiary/aromatic N) is 3. The fraction of sp³-hybridized carbons (Fsp3) is 0.286. The lowest BCUT2D eigenvalue weighted by atomic mass is 9.97.